The maximum atomic E-state index is 14.0. The van der Waals surface area contributed by atoms with Gasteiger partial charge in [-0.3, -0.25) is 9.59 Å². The Hall–Kier alpha value is -2.77. The number of alkyl carbamates (subject to hydrolysis) is 1. The first kappa shape index (κ1) is 28.5. The lowest BCUT2D eigenvalue weighted by Crippen LogP contribution is -2.56. The molecule has 0 radical (unpaired) electrons. The summed E-state index contributed by atoms with van der Waals surface area (Å²) >= 11 is 0. The number of hydrogen-bond acceptors (Lipinski definition) is 5. The Morgan fingerprint density at radius 1 is 1.11 bits per heavy atom. The Morgan fingerprint density at radius 3 is 2.14 bits per heavy atom. The second-order valence-corrected chi connectivity index (χ2v) is 11.1. The summed E-state index contributed by atoms with van der Waals surface area (Å²) in [5.41, 5.74) is -0.0975. The quantitative estimate of drug-likeness (QED) is 0.448. The minimum absolute atomic E-state index is 0.0542. The van der Waals surface area contributed by atoms with E-state index in [-0.39, 0.29) is 41.5 Å². The van der Waals surface area contributed by atoms with Crippen LogP contribution in [-0.4, -0.2) is 51.6 Å². The number of ether oxygens (including phenoxy) is 1. The zero-order valence-electron chi connectivity index (χ0n) is 22.4. The molecule has 8 heteroatoms. The lowest BCUT2D eigenvalue weighted by molar-refractivity contribution is -0.144. The number of rotatable bonds is 10. The van der Waals surface area contributed by atoms with Crippen LogP contribution in [0.15, 0.2) is 24.3 Å². The number of nitrogens with zero attached hydrogens (tertiary/aromatic N) is 1. The van der Waals surface area contributed by atoms with Gasteiger partial charge in [-0.15, -0.1) is 0 Å². The summed E-state index contributed by atoms with van der Waals surface area (Å²) in [5, 5.41) is 15.6. The lowest BCUT2D eigenvalue weighted by atomic mass is 9.98. The Labute approximate surface area is 209 Å². The van der Waals surface area contributed by atoms with E-state index in [1.807, 2.05) is 27.7 Å². The van der Waals surface area contributed by atoms with E-state index in [9.17, 15) is 19.5 Å². The Morgan fingerprint density at radius 2 is 1.69 bits per heavy atom. The van der Waals surface area contributed by atoms with Crippen LogP contribution < -0.4 is 10.6 Å². The van der Waals surface area contributed by atoms with E-state index in [1.54, 1.807) is 37.8 Å². The van der Waals surface area contributed by atoms with Gasteiger partial charge in [0.05, 0.1) is 0 Å². The molecule has 1 aliphatic carbocycles. The molecule has 0 heterocycles. The molecule has 5 unspecified atom stereocenters. The summed E-state index contributed by atoms with van der Waals surface area (Å²) in [7, 11) is 0. The molecular weight excluding hydrogens is 446 g/mol. The van der Waals surface area contributed by atoms with Crippen molar-refractivity contribution in [3.05, 3.63) is 29.8 Å². The lowest BCUT2D eigenvalue weighted by Gasteiger charge is -2.36. The maximum absolute atomic E-state index is 14.0. The van der Waals surface area contributed by atoms with Crippen molar-refractivity contribution in [1.82, 2.24) is 15.5 Å². The highest BCUT2D eigenvalue weighted by atomic mass is 16.6. The van der Waals surface area contributed by atoms with Gasteiger partial charge in [-0.25, -0.2) is 4.79 Å². The molecule has 1 aromatic rings. The summed E-state index contributed by atoms with van der Waals surface area (Å²) < 4.78 is 5.40. The largest absolute Gasteiger partial charge is 0.508 e. The van der Waals surface area contributed by atoms with Crippen molar-refractivity contribution in [3.63, 3.8) is 0 Å². The standard InChI is InChI=1S/C27H43N3O5/c1-9-10-18(5)28-24(32)23(19-11-13-20(31)14-12-19)30(21-15-17(21)4)25(33)22(16(2)3)29-26(34)35-27(6,7)8/h11-14,16-18,21-23,31H,9-10,15H2,1-8H3,(H,28,32)(H,29,34). The summed E-state index contributed by atoms with van der Waals surface area (Å²) in [6, 6.07) is 4.44. The predicted molar refractivity (Wildman–Crippen MR) is 136 cm³/mol. The normalized spacial score (nSPS) is 19.9. The second-order valence-electron chi connectivity index (χ2n) is 11.1. The van der Waals surface area contributed by atoms with E-state index in [0.717, 1.165) is 19.3 Å². The topological polar surface area (TPSA) is 108 Å². The first-order valence-corrected chi connectivity index (χ1v) is 12.7. The third-order valence-electron chi connectivity index (χ3n) is 6.13. The fourth-order valence-electron chi connectivity index (χ4n) is 4.20. The van der Waals surface area contributed by atoms with Crippen LogP contribution in [0.3, 0.4) is 0 Å². The summed E-state index contributed by atoms with van der Waals surface area (Å²) in [5.74, 6) is -0.514. The van der Waals surface area contributed by atoms with Gasteiger partial charge in [-0.05, 0) is 70.1 Å². The van der Waals surface area contributed by atoms with E-state index in [0.29, 0.717) is 5.56 Å². The number of carbonyl (C=O) groups excluding carboxylic acids is 3. The molecule has 3 N–H and O–H groups in total. The van der Waals surface area contributed by atoms with Crippen LogP contribution in [0.1, 0.15) is 86.3 Å². The van der Waals surface area contributed by atoms with Gasteiger partial charge >= 0.3 is 6.09 Å². The van der Waals surface area contributed by atoms with Crippen LogP contribution in [-0.2, 0) is 14.3 Å². The highest BCUT2D eigenvalue weighted by Gasteiger charge is 2.48. The molecule has 2 rings (SSSR count). The van der Waals surface area contributed by atoms with Crippen LogP contribution >= 0.6 is 0 Å². The minimum atomic E-state index is -0.890. The third-order valence-corrected chi connectivity index (χ3v) is 6.13. The fourth-order valence-corrected chi connectivity index (χ4v) is 4.20. The molecular formula is C27H43N3O5. The number of phenols is 1. The van der Waals surface area contributed by atoms with Crippen molar-refractivity contribution in [2.45, 2.75) is 104 Å². The molecule has 1 aliphatic rings. The average molecular weight is 490 g/mol. The highest BCUT2D eigenvalue weighted by molar-refractivity contribution is 5.93. The number of benzene rings is 1. The van der Waals surface area contributed by atoms with E-state index >= 15 is 0 Å². The van der Waals surface area contributed by atoms with Gasteiger partial charge in [0.25, 0.3) is 0 Å². The molecule has 0 aliphatic heterocycles. The van der Waals surface area contributed by atoms with Crippen molar-refractivity contribution in [2.24, 2.45) is 11.8 Å². The molecule has 35 heavy (non-hydrogen) atoms. The van der Waals surface area contributed by atoms with E-state index in [1.165, 1.54) is 12.1 Å². The van der Waals surface area contributed by atoms with Crippen LogP contribution in [0, 0.1) is 11.8 Å². The number of nitrogens with one attached hydrogen (secondary N) is 2. The fraction of sp³-hybridized carbons (Fsp3) is 0.667. The molecule has 1 saturated carbocycles. The van der Waals surface area contributed by atoms with Gasteiger partial charge in [0.15, 0.2) is 0 Å². The SMILES string of the molecule is CCCC(C)NC(=O)C(c1ccc(O)cc1)N(C(=O)C(NC(=O)OC(C)(C)C)C(C)C)C1CC1C. The minimum Gasteiger partial charge on any atom is -0.508 e. The Bertz CT molecular complexity index is 878. The number of hydrogen-bond donors (Lipinski definition) is 3. The summed E-state index contributed by atoms with van der Waals surface area (Å²) in [6.45, 7) is 15.0. The molecule has 8 nitrogen and oxygen atoms in total. The zero-order chi connectivity index (χ0) is 26.5. The average Bonchev–Trinajstić information content (AvgIpc) is 3.45. The molecule has 0 spiro atoms. The predicted octanol–water partition coefficient (Wildman–Crippen LogP) is 4.52. The van der Waals surface area contributed by atoms with Crippen molar-refractivity contribution < 1.29 is 24.2 Å². The first-order chi connectivity index (χ1) is 16.2. The van der Waals surface area contributed by atoms with Crippen LogP contribution in [0.4, 0.5) is 4.79 Å². The van der Waals surface area contributed by atoms with Crippen LogP contribution in [0.2, 0.25) is 0 Å². The van der Waals surface area contributed by atoms with Gasteiger partial charge in [0.2, 0.25) is 11.8 Å². The molecule has 0 aromatic heterocycles. The van der Waals surface area contributed by atoms with E-state index < -0.39 is 23.8 Å². The third kappa shape index (κ3) is 8.15. The highest BCUT2D eigenvalue weighted by Crippen LogP contribution is 2.41. The Balaban J connectivity index is 2.46. The van der Waals surface area contributed by atoms with Crippen LogP contribution in [0.25, 0.3) is 0 Å². The molecule has 0 bridgehead atoms. The van der Waals surface area contributed by atoms with Gasteiger partial charge in [-0.2, -0.15) is 0 Å². The monoisotopic (exact) mass is 489 g/mol. The van der Waals surface area contributed by atoms with Crippen molar-refractivity contribution >= 4 is 17.9 Å². The first-order valence-electron chi connectivity index (χ1n) is 12.7. The van der Waals surface area contributed by atoms with Crippen LogP contribution in [0.5, 0.6) is 5.75 Å². The van der Waals surface area contributed by atoms with E-state index in [2.05, 4.69) is 17.6 Å². The van der Waals surface area contributed by atoms with E-state index in [4.69, 9.17) is 4.74 Å². The Kier molecular flexibility index (Phi) is 9.58. The molecule has 1 aromatic carbocycles. The smallest absolute Gasteiger partial charge is 0.408 e. The molecule has 196 valence electrons. The van der Waals surface area contributed by atoms with Gasteiger partial charge in [0, 0.05) is 12.1 Å². The molecule has 3 amide bonds. The molecule has 1 fully saturated rings. The molecule has 0 saturated heterocycles. The summed E-state index contributed by atoms with van der Waals surface area (Å²) in [6.07, 6.45) is 1.84. The van der Waals surface area contributed by atoms with Gasteiger partial charge in [-0.1, -0.05) is 46.2 Å². The van der Waals surface area contributed by atoms with Crippen molar-refractivity contribution in [3.8, 4) is 5.75 Å². The number of amides is 3. The summed E-state index contributed by atoms with van der Waals surface area (Å²) in [4.78, 5) is 41.9. The zero-order valence-corrected chi connectivity index (χ0v) is 22.4. The van der Waals surface area contributed by atoms with Gasteiger partial charge < -0.3 is 25.4 Å². The number of aromatic hydroxyl groups is 1. The van der Waals surface area contributed by atoms with Crippen molar-refractivity contribution in [2.75, 3.05) is 0 Å². The van der Waals surface area contributed by atoms with Gasteiger partial charge in [0.1, 0.15) is 23.4 Å². The number of phenolic OH excluding ortho intramolecular Hbond substituents is 1. The number of carbonyl (C=O) groups is 3. The second kappa shape index (κ2) is 11.8. The van der Waals surface area contributed by atoms with Crippen molar-refractivity contribution in [1.29, 1.82) is 0 Å². The molecule has 5 atom stereocenters. The maximum Gasteiger partial charge on any atom is 0.408 e.